The van der Waals surface area contributed by atoms with Gasteiger partial charge in [-0.1, -0.05) is 20.8 Å². The molecule has 0 unspecified atom stereocenters. The Morgan fingerprint density at radius 1 is 0.840 bits per heavy atom. The Bertz CT molecular complexity index is 450. The predicted molar refractivity (Wildman–Crippen MR) is 86.3 cm³/mol. The summed E-state index contributed by atoms with van der Waals surface area (Å²) in [6, 6.07) is 0. The first-order chi connectivity index (χ1) is 11.9. The summed E-state index contributed by atoms with van der Waals surface area (Å²) in [5, 5.41) is 10.0. The van der Waals surface area contributed by atoms with Crippen LogP contribution in [0.5, 0.6) is 0 Å². The van der Waals surface area contributed by atoms with Gasteiger partial charge in [0.25, 0.3) is 0 Å². The van der Waals surface area contributed by atoms with E-state index in [0.717, 1.165) is 0 Å². The van der Waals surface area contributed by atoms with Crippen LogP contribution in [-0.4, -0.2) is 54.2 Å². The quantitative estimate of drug-likeness (QED) is 0.486. The lowest BCUT2D eigenvalue weighted by atomic mass is 10.0. The first-order valence-corrected chi connectivity index (χ1v) is 8.80. The number of aliphatic hydroxyl groups is 1. The molecule has 0 saturated carbocycles. The van der Waals surface area contributed by atoms with Crippen molar-refractivity contribution in [1.82, 2.24) is 0 Å². The van der Waals surface area contributed by atoms with Gasteiger partial charge < -0.3 is 24.1 Å². The molecule has 1 heterocycles. The van der Waals surface area contributed by atoms with Crippen LogP contribution in [0, 0.1) is 0 Å². The van der Waals surface area contributed by atoms with Gasteiger partial charge in [0.1, 0.15) is 0 Å². The zero-order valence-electron chi connectivity index (χ0n) is 15.1. The normalized spacial score (nSPS) is 25.9. The highest BCUT2D eigenvalue weighted by Gasteiger charge is 2.46. The summed E-state index contributed by atoms with van der Waals surface area (Å²) in [6.07, 6.45) is -2.48. The van der Waals surface area contributed by atoms with E-state index in [0.29, 0.717) is 19.3 Å². The number of rotatable bonds is 9. The maximum absolute atomic E-state index is 11.9. The van der Waals surface area contributed by atoms with E-state index in [2.05, 4.69) is 0 Å². The van der Waals surface area contributed by atoms with Gasteiger partial charge in [-0.25, -0.2) is 0 Å². The van der Waals surface area contributed by atoms with E-state index in [1.807, 2.05) is 20.8 Å². The molecule has 1 fully saturated rings. The summed E-state index contributed by atoms with van der Waals surface area (Å²) >= 11 is 0. The number of carbonyl (C=O) groups excluding carboxylic acids is 3. The van der Waals surface area contributed by atoms with Crippen molar-refractivity contribution in [2.24, 2.45) is 0 Å². The largest absolute Gasteiger partial charge is 0.456 e. The molecule has 0 aromatic rings. The van der Waals surface area contributed by atoms with Crippen molar-refractivity contribution < 1.29 is 38.4 Å². The first-order valence-electron chi connectivity index (χ1n) is 8.80. The monoisotopic (exact) mass is 360 g/mol. The van der Waals surface area contributed by atoms with Gasteiger partial charge in [-0.15, -0.1) is 0 Å². The number of hydrogen-bond donors (Lipinski definition) is 1. The van der Waals surface area contributed by atoms with Crippen LogP contribution in [-0.2, 0) is 33.3 Å². The Labute approximate surface area is 147 Å². The number of aliphatic hydroxyl groups excluding tert-OH is 1. The van der Waals surface area contributed by atoms with Crippen LogP contribution < -0.4 is 0 Å². The SMILES string of the molecule is CCCC(=O)O[C@@H]1[C@H](OC(=O)CCC)[C@@H](OC(=O)CCC)CO[C@@H]1O. The topological polar surface area (TPSA) is 108 Å². The number of ether oxygens (including phenoxy) is 4. The smallest absolute Gasteiger partial charge is 0.306 e. The molecule has 0 amide bonds. The summed E-state index contributed by atoms with van der Waals surface area (Å²) in [6.45, 7) is 5.31. The Morgan fingerprint density at radius 2 is 1.28 bits per heavy atom. The minimum absolute atomic E-state index is 0.150. The molecule has 1 saturated heterocycles. The zero-order valence-corrected chi connectivity index (χ0v) is 15.1. The second-order valence-electron chi connectivity index (χ2n) is 5.91. The average Bonchev–Trinajstić information content (AvgIpc) is 2.54. The van der Waals surface area contributed by atoms with E-state index in [1.165, 1.54) is 0 Å². The molecule has 8 heteroatoms. The van der Waals surface area contributed by atoms with Crippen molar-refractivity contribution in [3.63, 3.8) is 0 Å². The van der Waals surface area contributed by atoms with Crippen LogP contribution >= 0.6 is 0 Å². The number of carbonyl (C=O) groups is 3. The standard InChI is InChI=1S/C17H28O8/c1-4-7-12(18)23-11-10-22-17(21)16(25-14(20)9-6-3)15(11)24-13(19)8-5-2/h11,15-17,21H,4-10H2,1-3H3/t11-,15+,16+,17-/m0/s1. The maximum Gasteiger partial charge on any atom is 0.306 e. The molecule has 0 aromatic carbocycles. The fourth-order valence-electron chi connectivity index (χ4n) is 2.39. The fraction of sp³-hybridized carbons (Fsp3) is 0.824. The lowest BCUT2D eigenvalue weighted by Crippen LogP contribution is -2.57. The zero-order chi connectivity index (χ0) is 18.8. The summed E-state index contributed by atoms with van der Waals surface area (Å²) in [5.74, 6) is -1.54. The van der Waals surface area contributed by atoms with Crippen molar-refractivity contribution in [2.45, 2.75) is 83.9 Å². The first kappa shape index (κ1) is 21.4. The van der Waals surface area contributed by atoms with E-state index in [4.69, 9.17) is 18.9 Å². The molecule has 0 aromatic heterocycles. The van der Waals surface area contributed by atoms with E-state index < -0.39 is 42.5 Å². The molecule has 0 spiro atoms. The molecule has 0 radical (unpaired) electrons. The molecular weight excluding hydrogens is 332 g/mol. The Balaban J connectivity index is 2.91. The summed E-state index contributed by atoms with van der Waals surface area (Å²) in [5.41, 5.74) is 0. The highest BCUT2D eigenvalue weighted by molar-refractivity contribution is 5.71. The van der Waals surface area contributed by atoms with Crippen molar-refractivity contribution >= 4 is 17.9 Å². The number of esters is 3. The lowest BCUT2D eigenvalue weighted by molar-refractivity contribution is -0.268. The van der Waals surface area contributed by atoms with Gasteiger partial charge in [0.2, 0.25) is 0 Å². The van der Waals surface area contributed by atoms with Crippen molar-refractivity contribution in [2.75, 3.05) is 6.61 Å². The van der Waals surface area contributed by atoms with Crippen LogP contribution in [0.2, 0.25) is 0 Å². The van der Waals surface area contributed by atoms with Crippen LogP contribution in [0.4, 0.5) is 0 Å². The summed E-state index contributed by atoms with van der Waals surface area (Å²) in [7, 11) is 0. The van der Waals surface area contributed by atoms with E-state index in [9.17, 15) is 19.5 Å². The molecule has 1 rings (SSSR count). The Kier molecular flexibility index (Phi) is 9.44. The minimum atomic E-state index is -1.46. The van der Waals surface area contributed by atoms with Crippen LogP contribution in [0.1, 0.15) is 59.3 Å². The Hall–Kier alpha value is -1.67. The van der Waals surface area contributed by atoms with Crippen LogP contribution in [0.15, 0.2) is 0 Å². The third-order valence-corrected chi connectivity index (χ3v) is 3.58. The van der Waals surface area contributed by atoms with Gasteiger partial charge in [0, 0.05) is 19.3 Å². The van der Waals surface area contributed by atoms with Gasteiger partial charge >= 0.3 is 17.9 Å². The van der Waals surface area contributed by atoms with Crippen molar-refractivity contribution in [1.29, 1.82) is 0 Å². The van der Waals surface area contributed by atoms with Gasteiger partial charge in [-0.05, 0) is 19.3 Å². The summed E-state index contributed by atoms with van der Waals surface area (Å²) in [4.78, 5) is 35.5. The van der Waals surface area contributed by atoms with Gasteiger partial charge in [-0.3, -0.25) is 14.4 Å². The molecule has 0 aliphatic carbocycles. The molecule has 1 N–H and O–H groups in total. The molecule has 1 aliphatic rings. The fourth-order valence-corrected chi connectivity index (χ4v) is 2.39. The second kappa shape index (κ2) is 11.0. The van der Waals surface area contributed by atoms with Gasteiger partial charge in [-0.2, -0.15) is 0 Å². The third-order valence-electron chi connectivity index (χ3n) is 3.58. The maximum atomic E-state index is 11.9. The van der Waals surface area contributed by atoms with Crippen molar-refractivity contribution in [3.05, 3.63) is 0 Å². The lowest BCUT2D eigenvalue weighted by Gasteiger charge is -2.38. The van der Waals surface area contributed by atoms with E-state index in [-0.39, 0.29) is 25.9 Å². The minimum Gasteiger partial charge on any atom is -0.456 e. The summed E-state index contributed by atoms with van der Waals surface area (Å²) < 4.78 is 21.0. The second-order valence-corrected chi connectivity index (χ2v) is 5.91. The third kappa shape index (κ3) is 6.99. The molecule has 25 heavy (non-hydrogen) atoms. The molecule has 144 valence electrons. The van der Waals surface area contributed by atoms with Gasteiger partial charge in [0.05, 0.1) is 6.61 Å². The Morgan fingerprint density at radius 3 is 1.76 bits per heavy atom. The van der Waals surface area contributed by atoms with Gasteiger partial charge in [0.15, 0.2) is 24.6 Å². The molecular formula is C17H28O8. The van der Waals surface area contributed by atoms with Crippen molar-refractivity contribution in [3.8, 4) is 0 Å². The van der Waals surface area contributed by atoms with E-state index in [1.54, 1.807) is 0 Å². The molecule has 8 nitrogen and oxygen atoms in total. The molecule has 0 bridgehead atoms. The van der Waals surface area contributed by atoms with Crippen LogP contribution in [0.25, 0.3) is 0 Å². The van der Waals surface area contributed by atoms with E-state index >= 15 is 0 Å². The highest BCUT2D eigenvalue weighted by atomic mass is 16.7. The number of hydrogen-bond acceptors (Lipinski definition) is 8. The highest BCUT2D eigenvalue weighted by Crippen LogP contribution is 2.24. The van der Waals surface area contributed by atoms with Crippen LogP contribution in [0.3, 0.4) is 0 Å². The average molecular weight is 360 g/mol. The predicted octanol–water partition coefficient (Wildman–Crippen LogP) is 1.47. The molecule has 4 atom stereocenters. The molecule has 1 aliphatic heterocycles.